The van der Waals surface area contributed by atoms with Crippen molar-refractivity contribution in [1.82, 2.24) is 0 Å². The van der Waals surface area contributed by atoms with Crippen LogP contribution in [0.5, 0.6) is 5.75 Å². The molecule has 1 aromatic rings. The van der Waals surface area contributed by atoms with Crippen molar-refractivity contribution >= 4 is 0 Å². The van der Waals surface area contributed by atoms with E-state index in [1.165, 1.54) is 12.8 Å². The second kappa shape index (κ2) is 7.48. The molecule has 1 aliphatic rings. The maximum absolute atomic E-state index is 9.72. The van der Waals surface area contributed by atoms with Crippen LogP contribution in [0, 0.1) is 5.92 Å². The Balaban J connectivity index is 1.57. The Kier molecular flexibility index (Phi) is 5.63. The van der Waals surface area contributed by atoms with Crippen molar-refractivity contribution in [2.24, 2.45) is 11.7 Å². The third kappa shape index (κ3) is 5.59. The van der Waals surface area contributed by atoms with Gasteiger partial charge in [0, 0.05) is 13.2 Å². The van der Waals surface area contributed by atoms with Crippen molar-refractivity contribution in [3.05, 3.63) is 29.8 Å². The first-order valence-corrected chi connectivity index (χ1v) is 6.95. The van der Waals surface area contributed by atoms with Gasteiger partial charge in [-0.05, 0) is 30.0 Å². The van der Waals surface area contributed by atoms with Crippen LogP contribution < -0.4 is 10.5 Å². The highest BCUT2D eigenvalue weighted by Crippen LogP contribution is 2.32. The second-order valence-electron chi connectivity index (χ2n) is 5.12. The average molecular weight is 265 g/mol. The molecule has 1 fully saturated rings. The van der Waals surface area contributed by atoms with Gasteiger partial charge in [0.2, 0.25) is 0 Å². The van der Waals surface area contributed by atoms with Crippen LogP contribution in [0.25, 0.3) is 0 Å². The molecule has 3 N–H and O–H groups in total. The molecule has 19 heavy (non-hydrogen) atoms. The lowest BCUT2D eigenvalue weighted by molar-refractivity contribution is 0.0104. The smallest absolute Gasteiger partial charge is 0.119 e. The van der Waals surface area contributed by atoms with Crippen LogP contribution in [0.1, 0.15) is 24.8 Å². The molecule has 0 saturated heterocycles. The topological polar surface area (TPSA) is 64.7 Å². The molecule has 0 bridgehead atoms. The standard InChI is InChI=1S/C15H23NO3/c16-9-13-3-5-15(6-4-13)19-11-14(17)10-18-8-7-12-1-2-12/h3-6,12,14,17H,1-2,7-11,16H2. The molecule has 1 aliphatic carbocycles. The van der Waals surface area contributed by atoms with E-state index in [4.69, 9.17) is 15.2 Å². The van der Waals surface area contributed by atoms with Crippen LogP contribution >= 0.6 is 0 Å². The van der Waals surface area contributed by atoms with Crippen LogP contribution in [-0.2, 0) is 11.3 Å². The highest BCUT2D eigenvalue weighted by molar-refractivity contribution is 5.27. The quantitative estimate of drug-likeness (QED) is 0.667. The number of benzene rings is 1. The molecule has 0 radical (unpaired) electrons. The van der Waals surface area contributed by atoms with Gasteiger partial charge in [-0.25, -0.2) is 0 Å². The number of aliphatic hydroxyl groups is 1. The first kappa shape index (κ1) is 14.3. The van der Waals surface area contributed by atoms with Crippen LogP contribution in [-0.4, -0.2) is 31.0 Å². The molecule has 0 heterocycles. The fraction of sp³-hybridized carbons (Fsp3) is 0.600. The van der Waals surface area contributed by atoms with Gasteiger partial charge in [0.1, 0.15) is 18.5 Å². The molecule has 1 atom stereocenters. The zero-order chi connectivity index (χ0) is 13.5. The number of hydrogen-bond acceptors (Lipinski definition) is 4. The Bertz CT molecular complexity index is 362. The average Bonchev–Trinajstić information content (AvgIpc) is 3.26. The van der Waals surface area contributed by atoms with Gasteiger partial charge in [0.15, 0.2) is 0 Å². The summed E-state index contributed by atoms with van der Waals surface area (Å²) < 4.78 is 10.9. The molecule has 4 nitrogen and oxygen atoms in total. The predicted octanol–water partition coefficient (Wildman–Crippen LogP) is 1.70. The lowest BCUT2D eigenvalue weighted by atomic mass is 10.2. The summed E-state index contributed by atoms with van der Waals surface area (Å²) in [5.74, 6) is 1.61. The minimum absolute atomic E-state index is 0.255. The van der Waals surface area contributed by atoms with E-state index >= 15 is 0 Å². The Morgan fingerprint density at radius 2 is 1.95 bits per heavy atom. The van der Waals surface area contributed by atoms with Crippen molar-refractivity contribution < 1.29 is 14.6 Å². The van der Waals surface area contributed by atoms with Gasteiger partial charge in [0.25, 0.3) is 0 Å². The van der Waals surface area contributed by atoms with E-state index in [-0.39, 0.29) is 6.61 Å². The summed E-state index contributed by atoms with van der Waals surface area (Å²) in [5.41, 5.74) is 6.58. The molecule has 0 aromatic heterocycles. The number of hydrogen-bond donors (Lipinski definition) is 2. The largest absolute Gasteiger partial charge is 0.491 e. The van der Waals surface area contributed by atoms with Gasteiger partial charge < -0.3 is 20.3 Å². The second-order valence-corrected chi connectivity index (χ2v) is 5.12. The maximum atomic E-state index is 9.72. The summed E-state index contributed by atoms with van der Waals surface area (Å²) in [5, 5.41) is 9.72. The summed E-state index contributed by atoms with van der Waals surface area (Å²) in [7, 11) is 0. The van der Waals surface area contributed by atoms with Crippen molar-refractivity contribution in [3.8, 4) is 5.75 Å². The first-order chi connectivity index (χ1) is 9.28. The molecule has 4 heteroatoms. The number of nitrogens with two attached hydrogens (primary N) is 1. The minimum Gasteiger partial charge on any atom is -0.491 e. The summed E-state index contributed by atoms with van der Waals surface area (Å²) in [6.45, 7) is 1.86. The zero-order valence-electron chi connectivity index (χ0n) is 11.3. The van der Waals surface area contributed by atoms with Gasteiger partial charge >= 0.3 is 0 Å². The van der Waals surface area contributed by atoms with E-state index < -0.39 is 6.10 Å². The van der Waals surface area contributed by atoms with E-state index in [0.29, 0.717) is 13.2 Å². The summed E-state index contributed by atoms with van der Waals surface area (Å²) in [6.07, 6.45) is 3.23. The molecular weight excluding hydrogens is 242 g/mol. The first-order valence-electron chi connectivity index (χ1n) is 6.95. The van der Waals surface area contributed by atoms with Gasteiger partial charge in [-0.15, -0.1) is 0 Å². The monoisotopic (exact) mass is 265 g/mol. The molecule has 1 saturated carbocycles. The molecule has 1 aromatic carbocycles. The van der Waals surface area contributed by atoms with Crippen LogP contribution in [0.3, 0.4) is 0 Å². The molecule has 0 aliphatic heterocycles. The molecule has 106 valence electrons. The predicted molar refractivity (Wildman–Crippen MR) is 74.0 cm³/mol. The molecule has 1 unspecified atom stereocenters. The molecular formula is C15H23NO3. The Hall–Kier alpha value is -1.10. The zero-order valence-corrected chi connectivity index (χ0v) is 11.3. The fourth-order valence-corrected chi connectivity index (χ4v) is 1.84. The van der Waals surface area contributed by atoms with E-state index in [0.717, 1.165) is 30.3 Å². The van der Waals surface area contributed by atoms with Crippen molar-refractivity contribution in [3.63, 3.8) is 0 Å². The highest BCUT2D eigenvalue weighted by Gasteiger charge is 2.20. The number of rotatable bonds is 9. The van der Waals surface area contributed by atoms with E-state index in [1.54, 1.807) is 0 Å². The molecule has 0 amide bonds. The molecule has 2 rings (SSSR count). The van der Waals surface area contributed by atoms with Gasteiger partial charge in [-0.2, -0.15) is 0 Å². The van der Waals surface area contributed by atoms with Gasteiger partial charge in [0.05, 0.1) is 6.61 Å². The normalized spacial score (nSPS) is 16.3. The van der Waals surface area contributed by atoms with E-state index in [2.05, 4.69) is 0 Å². The Morgan fingerprint density at radius 1 is 1.21 bits per heavy atom. The van der Waals surface area contributed by atoms with Crippen LogP contribution in [0.4, 0.5) is 0 Å². The maximum Gasteiger partial charge on any atom is 0.119 e. The number of ether oxygens (including phenoxy) is 2. The van der Waals surface area contributed by atoms with E-state index in [1.807, 2.05) is 24.3 Å². The SMILES string of the molecule is NCc1ccc(OCC(O)COCCC2CC2)cc1. The number of aliphatic hydroxyl groups excluding tert-OH is 1. The highest BCUT2D eigenvalue weighted by atomic mass is 16.5. The lowest BCUT2D eigenvalue weighted by Gasteiger charge is -2.13. The third-order valence-electron chi connectivity index (χ3n) is 3.28. The van der Waals surface area contributed by atoms with E-state index in [9.17, 15) is 5.11 Å². The summed E-state index contributed by atoms with van der Waals surface area (Å²) >= 11 is 0. The Labute approximate surface area is 114 Å². The summed E-state index contributed by atoms with van der Waals surface area (Å²) in [4.78, 5) is 0. The van der Waals surface area contributed by atoms with Crippen molar-refractivity contribution in [2.45, 2.75) is 31.9 Å². The van der Waals surface area contributed by atoms with Crippen molar-refractivity contribution in [1.29, 1.82) is 0 Å². The van der Waals surface area contributed by atoms with Crippen molar-refractivity contribution in [2.75, 3.05) is 19.8 Å². The van der Waals surface area contributed by atoms with Crippen LogP contribution in [0.2, 0.25) is 0 Å². The van der Waals surface area contributed by atoms with Gasteiger partial charge in [-0.1, -0.05) is 25.0 Å². The fourth-order valence-electron chi connectivity index (χ4n) is 1.84. The minimum atomic E-state index is -0.576. The van der Waals surface area contributed by atoms with Gasteiger partial charge in [-0.3, -0.25) is 0 Å². The molecule has 0 spiro atoms. The van der Waals surface area contributed by atoms with Crippen LogP contribution in [0.15, 0.2) is 24.3 Å². The summed E-state index contributed by atoms with van der Waals surface area (Å²) in [6, 6.07) is 7.58. The third-order valence-corrected chi connectivity index (χ3v) is 3.28. The Morgan fingerprint density at radius 3 is 2.58 bits per heavy atom. The lowest BCUT2D eigenvalue weighted by Crippen LogP contribution is -2.23.